The first-order valence-electron chi connectivity index (χ1n) is 11.1. The summed E-state index contributed by atoms with van der Waals surface area (Å²) in [7, 11) is -3.69. The average molecular weight is 498 g/mol. The molecular weight excluding hydrogens is 474 g/mol. The Bertz CT molecular complexity index is 1290. The van der Waals surface area contributed by atoms with Crippen molar-refractivity contribution < 1.29 is 17.9 Å². The lowest BCUT2D eigenvalue weighted by atomic mass is 9.77. The first-order valence-corrected chi connectivity index (χ1v) is 13.0. The number of carbonyl (C=O) groups excluding carboxylic acids is 1. The average Bonchev–Trinajstić information content (AvgIpc) is 3.16. The van der Waals surface area contributed by atoms with Gasteiger partial charge in [0.05, 0.1) is 16.6 Å². The SMILES string of the molecule is O=C1N(c2ccc(Oc3cccnc3)cc2)CCC12CCN(S(=O)(=O)c1ccccc1Cl)CC2. The molecule has 7 nitrogen and oxygen atoms in total. The number of nitrogens with zero attached hydrogens (tertiary/aromatic N) is 3. The van der Waals surface area contributed by atoms with Gasteiger partial charge >= 0.3 is 0 Å². The Morgan fingerprint density at radius 2 is 1.59 bits per heavy atom. The van der Waals surface area contributed by atoms with Crippen molar-refractivity contribution in [1.82, 2.24) is 9.29 Å². The lowest BCUT2D eigenvalue weighted by Crippen LogP contribution is -2.46. The zero-order chi connectivity index (χ0) is 23.8. The molecule has 2 saturated heterocycles. The molecule has 176 valence electrons. The van der Waals surface area contributed by atoms with Crippen molar-refractivity contribution in [3.05, 3.63) is 78.1 Å². The van der Waals surface area contributed by atoms with Crippen LogP contribution in [0.15, 0.2) is 78.0 Å². The van der Waals surface area contributed by atoms with Crippen LogP contribution in [0, 0.1) is 5.41 Å². The van der Waals surface area contributed by atoms with E-state index in [1.165, 1.54) is 10.4 Å². The Balaban J connectivity index is 1.26. The summed E-state index contributed by atoms with van der Waals surface area (Å²) >= 11 is 6.14. The number of pyridine rings is 1. The van der Waals surface area contributed by atoms with Gasteiger partial charge in [-0.25, -0.2) is 8.42 Å². The van der Waals surface area contributed by atoms with Gasteiger partial charge in [-0.05, 0) is 67.8 Å². The minimum Gasteiger partial charge on any atom is -0.456 e. The van der Waals surface area contributed by atoms with Gasteiger partial charge in [0, 0.05) is 31.5 Å². The number of ether oxygens (including phenoxy) is 1. The molecule has 34 heavy (non-hydrogen) atoms. The third kappa shape index (κ3) is 4.17. The van der Waals surface area contributed by atoms with E-state index in [4.69, 9.17) is 16.3 Å². The number of rotatable bonds is 5. The highest BCUT2D eigenvalue weighted by molar-refractivity contribution is 7.89. The number of halogens is 1. The molecule has 3 heterocycles. The summed E-state index contributed by atoms with van der Waals surface area (Å²) in [6, 6.07) is 17.5. The second-order valence-electron chi connectivity index (χ2n) is 8.61. The number of hydrogen-bond donors (Lipinski definition) is 0. The quantitative estimate of drug-likeness (QED) is 0.509. The fourth-order valence-corrected chi connectivity index (χ4v) is 6.65. The van der Waals surface area contributed by atoms with Crippen molar-refractivity contribution in [3.63, 3.8) is 0 Å². The summed E-state index contributed by atoms with van der Waals surface area (Å²) in [6.07, 6.45) is 5.02. The Morgan fingerprint density at radius 1 is 0.882 bits per heavy atom. The third-order valence-corrected chi connectivity index (χ3v) is 9.06. The van der Waals surface area contributed by atoms with E-state index in [-0.39, 0.29) is 15.8 Å². The maximum absolute atomic E-state index is 13.4. The van der Waals surface area contributed by atoms with Crippen molar-refractivity contribution in [2.75, 3.05) is 24.5 Å². The van der Waals surface area contributed by atoms with Crippen molar-refractivity contribution in [2.24, 2.45) is 5.41 Å². The molecule has 0 saturated carbocycles. The van der Waals surface area contributed by atoms with Gasteiger partial charge in [-0.1, -0.05) is 23.7 Å². The number of hydrogen-bond acceptors (Lipinski definition) is 5. The van der Waals surface area contributed by atoms with E-state index < -0.39 is 15.4 Å². The topological polar surface area (TPSA) is 79.8 Å². The number of aromatic nitrogens is 1. The van der Waals surface area contributed by atoms with Crippen LogP contribution in [-0.4, -0.2) is 43.2 Å². The number of benzene rings is 2. The largest absolute Gasteiger partial charge is 0.456 e. The monoisotopic (exact) mass is 497 g/mol. The molecule has 1 spiro atoms. The van der Waals surface area contributed by atoms with Gasteiger partial charge in [-0.15, -0.1) is 0 Å². The highest BCUT2D eigenvalue weighted by atomic mass is 35.5. The number of amides is 1. The van der Waals surface area contributed by atoms with Crippen molar-refractivity contribution in [3.8, 4) is 11.5 Å². The van der Waals surface area contributed by atoms with Crippen molar-refractivity contribution in [2.45, 2.75) is 24.2 Å². The molecule has 2 aliphatic heterocycles. The summed E-state index contributed by atoms with van der Waals surface area (Å²) in [5.41, 5.74) is 0.281. The molecule has 0 radical (unpaired) electrons. The molecule has 3 aromatic rings. The van der Waals surface area contributed by atoms with E-state index in [2.05, 4.69) is 4.98 Å². The molecule has 2 fully saturated rings. The zero-order valence-electron chi connectivity index (χ0n) is 18.4. The van der Waals surface area contributed by atoms with Gasteiger partial charge in [0.2, 0.25) is 15.9 Å². The van der Waals surface area contributed by atoms with E-state index in [0.717, 1.165) is 5.69 Å². The first kappa shape index (κ1) is 22.8. The van der Waals surface area contributed by atoms with E-state index in [0.29, 0.717) is 50.4 Å². The standard InChI is InChI=1S/C25H24ClN3O4S/c26-22-5-1-2-6-23(22)34(31,32)28-15-11-25(12-16-28)13-17-29(24(25)30)19-7-9-20(10-8-19)33-21-4-3-14-27-18-21/h1-10,14,18H,11-13,15-17H2. The lowest BCUT2D eigenvalue weighted by molar-refractivity contribution is -0.127. The summed E-state index contributed by atoms with van der Waals surface area (Å²) < 4.78 is 33.4. The van der Waals surface area contributed by atoms with Crippen LogP contribution in [0.25, 0.3) is 0 Å². The Hall–Kier alpha value is -2.94. The van der Waals surface area contributed by atoms with E-state index in [1.807, 2.05) is 30.3 Å². The Labute approximate surface area is 204 Å². The predicted octanol–water partition coefficient (Wildman–Crippen LogP) is 4.74. The van der Waals surface area contributed by atoms with Gasteiger partial charge in [-0.3, -0.25) is 9.78 Å². The van der Waals surface area contributed by atoms with Crippen LogP contribution >= 0.6 is 11.6 Å². The van der Waals surface area contributed by atoms with Crippen LogP contribution in [0.4, 0.5) is 5.69 Å². The highest BCUT2D eigenvalue weighted by Gasteiger charge is 2.50. The Kier molecular flexibility index (Phi) is 6.06. The molecule has 0 atom stereocenters. The molecule has 2 aromatic carbocycles. The normalized spacial score (nSPS) is 18.4. The summed E-state index contributed by atoms with van der Waals surface area (Å²) in [5.74, 6) is 1.37. The highest BCUT2D eigenvalue weighted by Crippen LogP contribution is 2.44. The van der Waals surface area contributed by atoms with Crippen molar-refractivity contribution in [1.29, 1.82) is 0 Å². The number of sulfonamides is 1. The fraction of sp³-hybridized carbons (Fsp3) is 0.280. The van der Waals surface area contributed by atoms with E-state index in [1.54, 1.807) is 41.6 Å². The van der Waals surface area contributed by atoms with Crippen LogP contribution < -0.4 is 9.64 Å². The molecule has 0 N–H and O–H groups in total. The molecule has 2 aliphatic rings. The smallest absolute Gasteiger partial charge is 0.244 e. The third-order valence-electron chi connectivity index (χ3n) is 6.67. The minimum atomic E-state index is -3.69. The second-order valence-corrected chi connectivity index (χ2v) is 10.9. The molecule has 0 bridgehead atoms. The fourth-order valence-electron chi connectivity index (χ4n) is 4.72. The molecule has 0 aliphatic carbocycles. The summed E-state index contributed by atoms with van der Waals surface area (Å²) in [4.78, 5) is 19.4. The summed E-state index contributed by atoms with van der Waals surface area (Å²) in [5, 5.41) is 0.210. The molecule has 9 heteroatoms. The van der Waals surface area contributed by atoms with Crippen LogP contribution in [0.2, 0.25) is 5.02 Å². The van der Waals surface area contributed by atoms with Crippen LogP contribution in [0.5, 0.6) is 11.5 Å². The van der Waals surface area contributed by atoms with Gasteiger partial charge in [0.15, 0.2) is 0 Å². The minimum absolute atomic E-state index is 0.0585. The van der Waals surface area contributed by atoms with Gasteiger partial charge in [0.25, 0.3) is 0 Å². The maximum Gasteiger partial charge on any atom is 0.244 e. The van der Waals surface area contributed by atoms with Crippen LogP contribution in [0.1, 0.15) is 19.3 Å². The number of anilines is 1. The van der Waals surface area contributed by atoms with E-state index in [9.17, 15) is 13.2 Å². The van der Waals surface area contributed by atoms with Gasteiger partial charge < -0.3 is 9.64 Å². The molecule has 1 amide bonds. The second kappa shape index (κ2) is 9.02. The van der Waals surface area contributed by atoms with Crippen LogP contribution in [-0.2, 0) is 14.8 Å². The maximum atomic E-state index is 13.4. The summed E-state index contributed by atoms with van der Waals surface area (Å²) in [6.45, 7) is 1.20. The van der Waals surface area contributed by atoms with Crippen molar-refractivity contribution >= 4 is 33.2 Å². The molecule has 0 unspecified atom stereocenters. The first-order chi connectivity index (χ1) is 16.4. The zero-order valence-corrected chi connectivity index (χ0v) is 20.0. The van der Waals surface area contributed by atoms with E-state index >= 15 is 0 Å². The molecule has 1 aromatic heterocycles. The van der Waals surface area contributed by atoms with Crippen LogP contribution in [0.3, 0.4) is 0 Å². The number of piperidine rings is 1. The lowest BCUT2D eigenvalue weighted by Gasteiger charge is -2.37. The van der Waals surface area contributed by atoms with Gasteiger partial charge in [0.1, 0.15) is 16.4 Å². The number of carbonyl (C=O) groups is 1. The predicted molar refractivity (Wildman–Crippen MR) is 130 cm³/mol. The van der Waals surface area contributed by atoms with Gasteiger partial charge in [-0.2, -0.15) is 4.31 Å². The Morgan fingerprint density at radius 3 is 2.26 bits per heavy atom. The molecular formula is C25H24ClN3O4S. The molecule has 5 rings (SSSR count).